The van der Waals surface area contributed by atoms with Crippen LogP contribution in [0, 0.1) is 0 Å². The summed E-state index contributed by atoms with van der Waals surface area (Å²) in [7, 11) is 6.47. The molecule has 0 aliphatic heterocycles. The van der Waals surface area contributed by atoms with Crippen molar-refractivity contribution in [3.8, 4) is 0 Å². The minimum Gasteiger partial charge on any atom is -1.00 e. The second kappa shape index (κ2) is 9.08. The Bertz CT molecular complexity index is 200. The van der Waals surface area contributed by atoms with E-state index in [1.54, 1.807) is 0 Å². The van der Waals surface area contributed by atoms with Crippen molar-refractivity contribution in [1.82, 2.24) is 0 Å². The van der Waals surface area contributed by atoms with Crippen LogP contribution in [0.2, 0.25) is 0 Å². The third-order valence-electron chi connectivity index (χ3n) is 1.95. The number of oxime groups is 1. The fourth-order valence-electron chi connectivity index (χ4n) is 1.19. The monoisotopic (exact) mass is 328 g/mol. The summed E-state index contributed by atoms with van der Waals surface area (Å²) >= 11 is 0. The van der Waals surface area contributed by atoms with E-state index in [4.69, 9.17) is 5.21 Å². The van der Waals surface area contributed by atoms with Gasteiger partial charge in [0.05, 0.1) is 27.7 Å². The molecule has 0 aliphatic carbocycles. The molecular formula is C10H21IN2O2. The molecule has 0 amide bonds. The maximum absolute atomic E-state index is 10.9. The van der Waals surface area contributed by atoms with Gasteiger partial charge < -0.3 is 33.7 Å². The molecule has 15 heavy (non-hydrogen) atoms. The third-order valence-corrected chi connectivity index (χ3v) is 1.95. The van der Waals surface area contributed by atoms with E-state index in [0.29, 0.717) is 6.42 Å². The van der Waals surface area contributed by atoms with Gasteiger partial charge >= 0.3 is 0 Å². The van der Waals surface area contributed by atoms with Crippen LogP contribution in [0.15, 0.2) is 5.16 Å². The second-order valence-electron chi connectivity index (χ2n) is 4.54. The lowest BCUT2D eigenvalue weighted by atomic mass is 10.1. The number of rotatable bonds is 7. The van der Waals surface area contributed by atoms with Gasteiger partial charge in [-0.3, -0.25) is 4.79 Å². The second-order valence-corrected chi connectivity index (χ2v) is 4.54. The first-order chi connectivity index (χ1) is 6.45. The summed E-state index contributed by atoms with van der Waals surface area (Å²) in [5.74, 6) is -0.0993. The zero-order valence-corrected chi connectivity index (χ0v) is 11.9. The van der Waals surface area contributed by atoms with Crippen molar-refractivity contribution >= 4 is 12.0 Å². The van der Waals surface area contributed by atoms with Crippen LogP contribution in [-0.4, -0.2) is 49.4 Å². The number of hydrogen-bond donors (Lipinski definition) is 1. The van der Waals surface area contributed by atoms with Gasteiger partial charge in [-0.05, 0) is 19.3 Å². The van der Waals surface area contributed by atoms with Gasteiger partial charge in [-0.15, -0.1) is 0 Å². The molecule has 0 aromatic rings. The van der Waals surface area contributed by atoms with Crippen molar-refractivity contribution in [2.24, 2.45) is 5.16 Å². The molecule has 4 nitrogen and oxygen atoms in total. The highest BCUT2D eigenvalue weighted by molar-refractivity contribution is 6.27. The van der Waals surface area contributed by atoms with Crippen LogP contribution in [0.4, 0.5) is 0 Å². The zero-order chi connectivity index (χ0) is 11.0. The Hall–Kier alpha value is -0.170. The van der Waals surface area contributed by atoms with E-state index in [1.165, 1.54) is 0 Å². The number of nitrogens with zero attached hydrogens (tertiary/aromatic N) is 2. The maximum Gasteiger partial charge on any atom is 0.177 e. The molecule has 0 aromatic heterocycles. The molecule has 1 N–H and O–H groups in total. The van der Waals surface area contributed by atoms with Gasteiger partial charge in [0.1, 0.15) is 6.21 Å². The predicted octanol–water partition coefficient (Wildman–Crippen LogP) is -1.71. The standard InChI is InChI=1S/C10H20N2O2.HI/c1-12(2,3)8-6-4-5-7-10(13)9-11-14;/h9H,4-8H2,1-3H3;1H. The summed E-state index contributed by atoms with van der Waals surface area (Å²) in [5, 5.41) is 10.8. The average molecular weight is 328 g/mol. The Kier molecular flexibility index (Phi) is 10.4. The Balaban J connectivity index is 0. The highest BCUT2D eigenvalue weighted by Gasteiger charge is 2.05. The van der Waals surface area contributed by atoms with Crippen molar-refractivity contribution in [3.05, 3.63) is 0 Å². The maximum atomic E-state index is 10.9. The molecule has 0 unspecified atom stereocenters. The normalized spacial score (nSPS) is 11.4. The fourth-order valence-corrected chi connectivity index (χ4v) is 1.19. The van der Waals surface area contributed by atoms with E-state index in [-0.39, 0.29) is 29.8 Å². The minimum absolute atomic E-state index is 0. The van der Waals surface area contributed by atoms with Crippen LogP contribution >= 0.6 is 0 Å². The van der Waals surface area contributed by atoms with E-state index in [1.807, 2.05) is 0 Å². The van der Waals surface area contributed by atoms with Crippen LogP contribution in [0.1, 0.15) is 25.7 Å². The number of quaternary nitrogens is 1. The number of ketones is 1. The molecule has 0 radical (unpaired) electrons. The summed E-state index contributed by atoms with van der Waals surface area (Å²) < 4.78 is 0.964. The molecule has 0 saturated carbocycles. The number of carbonyl (C=O) groups excluding carboxylic acids is 1. The lowest BCUT2D eigenvalue weighted by molar-refractivity contribution is -0.870. The molecule has 0 bridgehead atoms. The van der Waals surface area contributed by atoms with Gasteiger partial charge in [-0.2, -0.15) is 0 Å². The van der Waals surface area contributed by atoms with Gasteiger partial charge in [-0.25, -0.2) is 0 Å². The van der Waals surface area contributed by atoms with E-state index in [0.717, 1.165) is 36.5 Å². The molecule has 0 aromatic carbocycles. The van der Waals surface area contributed by atoms with Gasteiger partial charge in [0, 0.05) is 6.42 Å². The predicted molar refractivity (Wildman–Crippen MR) is 56.7 cm³/mol. The van der Waals surface area contributed by atoms with E-state index in [9.17, 15) is 4.79 Å². The van der Waals surface area contributed by atoms with Crippen molar-refractivity contribution in [3.63, 3.8) is 0 Å². The fraction of sp³-hybridized carbons (Fsp3) is 0.800. The number of hydrogen-bond acceptors (Lipinski definition) is 3. The quantitative estimate of drug-likeness (QED) is 0.151. The minimum atomic E-state index is -0.0993. The van der Waals surface area contributed by atoms with Crippen LogP contribution < -0.4 is 24.0 Å². The zero-order valence-electron chi connectivity index (χ0n) is 9.74. The number of halogens is 1. The Morgan fingerprint density at radius 2 is 1.87 bits per heavy atom. The average Bonchev–Trinajstić information content (AvgIpc) is 2.02. The number of Topliss-reactive ketones (excluding diaryl/α,β-unsaturated/α-hetero) is 1. The van der Waals surface area contributed by atoms with Crippen molar-refractivity contribution in [1.29, 1.82) is 0 Å². The molecule has 90 valence electrons. The highest BCUT2D eigenvalue weighted by Crippen LogP contribution is 2.03. The first kappa shape index (κ1) is 17.2. The van der Waals surface area contributed by atoms with Crippen LogP contribution in [0.5, 0.6) is 0 Å². The number of carbonyl (C=O) groups is 1. The Morgan fingerprint density at radius 1 is 1.27 bits per heavy atom. The smallest absolute Gasteiger partial charge is 0.177 e. The molecule has 0 saturated heterocycles. The van der Waals surface area contributed by atoms with Gasteiger partial charge in [0.25, 0.3) is 0 Å². The van der Waals surface area contributed by atoms with E-state index >= 15 is 0 Å². The molecule has 0 spiro atoms. The summed E-state index contributed by atoms with van der Waals surface area (Å²) in [5.41, 5.74) is 0. The van der Waals surface area contributed by atoms with Crippen molar-refractivity contribution < 1.29 is 38.5 Å². The molecule has 0 atom stereocenters. The topological polar surface area (TPSA) is 49.7 Å². The van der Waals surface area contributed by atoms with Gasteiger partial charge in [-0.1, -0.05) is 5.16 Å². The van der Waals surface area contributed by atoms with E-state index < -0.39 is 0 Å². The van der Waals surface area contributed by atoms with Crippen LogP contribution in [0.25, 0.3) is 0 Å². The molecule has 0 aliphatic rings. The van der Waals surface area contributed by atoms with Crippen molar-refractivity contribution in [2.45, 2.75) is 25.7 Å². The van der Waals surface area contributed by atoms with Crippen LogP contribution in [0.3, 0.4) is 0 Å². The largest absolute Gasteiger partial charge is 1.00 e. The SMILES string of the molecule is C[N+](C)(C)CCCCCC(=O)/C=N/O.[I-]. The Morgan fingerprint density at radius 3 is 2.33 bits per heavy atom. The first-order valence-corrected chi connectivity index (χ1v) is 4.96. The molecule has 0 heterocycles. The number of unbranched alkanes of at least 4 members (excludes halogenated alkanes) is 2. The van der Waals surface area contributed by atoms with Gasteiger partial charge in [0.15, 0.2) is 5.78 Å². The Labute approximate surface area is 109 Å². The summed E-state index contributed by atoms with van der Waals surface area (Å²) in [6.07, 6.45) is 4.53. The van der Waals surface area contributed by atoms with Crippen molar-refractivity contribution in [2.75, 3.05) is 27.7 Å². The summed E-state index contributed by atoms with van der Waals surface area (Å²) in [6.45, 7) is 1.13. The first-order valence-electron chi connectivity index (χ1n) is 4.96. The molecule has 5 heteroatoms. The molecule has 0 fully saturated rings. The molecule has 0 rings (SSSR count). The van der Waals surface area contributed by atoms with Crippen LogP contribution in [-0.2, 0) is 4.79 Å². The summed E-state index contributed by atoms with van der Waals surface area (Å²) in [6, 6.07) is 0. The lowest BCUT2D eigenvalue weighted by Gasteiger charge is -2.23. The molecular weight excluding hydrogens is 307 g/mol. The van der Waals surface area contributed by atoms with Gasteiger partial charge in [0.2, 0.25) is 0 Å². The lowest BCUT2D eigenvalue weighted by Crippen LogP contribution is -3.00. The highest BCUT2D eigenvalue weighted by atomic mass is 127. The van der Waals surface area contributed by atoms with E-state index in [2.05, 4.69) is 26.3 Å². The third kappa shape index (κ3) is 13.8. The summed E-state index contributed by atoms with van der Waals surface area (Å²) in [4.78, 5) is 10.9.